The van der Waals surface area contributed by atoms with Crippen molar-refractivity contribution in [2.45, 2.75) is 13.2 Å². The maximum Gasteiger partial charge on any atom is 0.269 e. The van der Waals surface area contributed by atoms with Crippen molar-refractivity contribution in [1.82, 2.24) is 5.43 Å². The Morgan fingerprint density at radius 3 is 2.42 bits per heavy atom. The Morgan fingerprint density at radius 1 is 1.10 bits per heavy atom. The number of hydrogen-bond donors (Lipinski definition) is 1. The van der Waals surface area contributed by atoms with Crippen LogP contribution in [0.1, 0.15) is 16.7 Å². The highest BCUT2D eigenvalue weighted by Crippen LogP contribution is 2.29. The third kappa shape index (κ3) is 6.53. The van der Waals surface area contributed by atoms with Crippen LogP contribution in [0.2, 0.25) is 0 Å². The number of hydrogen-bond acceptors (Lipinski definition) is 6. The third-order valence-corrected chi connectivity index (χ3v) is 5.92. The molecule has 0 aliphatic rings. The van der Waals surface area contributed by atoms with Gasteiger partial charge in [0.05, 0.1) is 31.9 Å². The highest BCUT2D eigenvalue weighted by Gasteiger charge is 2.10. The van der Waals surface area contributed by atoms with E-state index in [0.717, 1.165) is 35.3 Å². The number of nitro groups is 1. The van der Waals surface area contributed by atoms with Crippen LogP contribution in [0.25, 0.3) is 0 Å². The van der Waals surface area contributed by atoms with E-state index in [0.29, 0.717) is 13.2 Å². The van der Waals surface area contributed by atoms with Gasteiger partial charge < -0.3 is 14.9 Å². The van der Waals surface area contributed by atoms with Gasteiger partial charge in [-0.1, -0.05) is 18.2 Å². The molecule has 0 atom stereocenters. The van der Waals surface area contributed by atoms with Crippen LogP contribution < -0.4 is 14.9 Å². The summed E-state index contributed by atoms with van der Waals surface area (Å²) in [4.78, 5) is 10.3. The van der Waals surface area contributed by atoms with Crippen LogP contribution in [0.3, 0.4) is 0 Å². The fourth-order valence-electron chi connectivity index (χ4n) is 2.76. The van der Waals surface area contributed by atoms with Crippen LogP contribution in [-0.2, 0) is 13.2 Å². The highest BCUT2D eigenvalue weighted by atomic mass is 127. The van der Waals surface area contributed by atoms with E-state index in [2.05, 4.69) is 55.7 Å². The maximum atomic E-state index is 10.8. The quantitative estimate of drug-likeness (QED) is 0.144. The molecule has 0 fully saturated rings. The molecular weight excluding hydrogens is 624 g/mol. The van der Waals surface area contributed by atoms with Crippen LogP contribution in [0.15, 0.2) is 65.8 Å². The van der Waals surface area contributed by atoms with Crippen molar-refractivity contribution >= 4 is 57.1 Å². The Morgan fingerprint density at radius 2 is 1.77 bits per heavy atom. The first-order valence-electron chi connectivity index (χ1n) is 9.21. The SMILES string of the molecule is COc1ccccc1CN/N=C/c1cc(I)c(OCc2ccc([N+](=O)[O-])cc2)c(I)c1. The molecule has 0 aliphatic heterocycles. The molecular formula is C22H19I2N3O4. The van der Waals surface area contributed by atoms with Crippen molar-refractivity contribution in [1.29, 1.82) is 0 Å². The van der Waals surface area contributed by atoms with Crippen molar-refractivity contribution in [3.05, 3.63) is 94.6 Å². The molecule has 31 heavy (non-hydrogen) atoms. The van der Waals surface area contributed by atoms with E-state index in [1.807, 2.05) is 36.4 Å². The Balaban J connectivity index is 1.60. The number of non-ortho nitro benzene ring substituents is 1. The van der Waals surface area contributed by atoms with Crippen molar-refractivity contribution in [2.24, 2.45) is 5.10 Å². The number of hydrazone groups is 1. The summed E-state index contributed by atoms with van der Waals surface area (Å²) in [7, 11) is 1.65. The fourth-order valence-corrected chi connectivity index (χ4v) is 4.89. The van der Waals surface area contributed by atoms with Gasteiger partial charge >= 0.3 is 0 Å². The van der Waals surface area contributed by atoms with E-state index in [9.17, 15) is 10.1 Å². The lowest BCUT2D eigenvalue weighted by Crippen LogP contribution is -2.07. The zero-order chi connectivity index (χ0) is 22.2. The summed E-state index contributed by atoms with van der Waals surface area (Å²) in [5, 5.41) is 15.1. The number of nitrogens with zero attached hydrogens (tertiary/aromatic N) is 2. The molecule has 9 heteroatoms. The first kappa shape index (κ1) is 23.3. The summed E-state index contributed by atoms with van der Waals surface area (Å²) in [6.45, 7) is 0.892. The van der Waals surface area contributed by atoms with Crippen molar-refractivity contribution in [3.8, 4) is 11.5 Å². The van der Waals surface area contributed by atoms with Gasteiger partial charge in [0.1, 0.15) is 18.1 Å². The van der Waals surface area contributed by atoms with Gasteiger partial charge in [0.25, 0.3) is 5.69 Å². The van der Waals surface area contributed by atoms with Crippen LogP contribution in [0, 0.1) is 17.3 Å². The molecule has 0 bridgehead atoms. The van der Waals surface area contributed by atoms with E-state index in [1.54, 1.807) is 25.5 Å². The summed E-state index contributed by atoms with van der Waals surface area (Å²) in [5.74, 6) is 1.60. The van der Waals surface area contributed by atoms with Crippen LogP contribution in [0.4, 0.5) is 5.69 Å². The topological polar surface area (TPSA) is 86.0 Å². The van der Waals surface area contributed by atoms with Crippen molar-refractivity contribution < 1.29 is 14.4 Å². The third-order valence-electron chi connectivity index (χ3n) is 4.32. The maximum absolute atomic E-state index is 10.8. The van der Waals surface area contributed by atoms with E-state index in [1.165, 1.54) is 12.1 Å². The summed E-state index contributed by atoms with van der Waals surface area (Å²) in [5.41, 5.74) is 5.95. The second kappa shape index (κ2) is 11.3. The van der Waals surface area contributed by atoms with Gasteiger partial charge in [-0.05, 0) is 86.6 Å². The van der Waals surface area contributed by atoms with Crippen molar-refractivity contribution in [2.75, 3.05) is 7.11 Å². The molecule has 1 N–H and O–H groups in total. The predicted molar refractivity (Wildman–Crippen MR) is 137 cm³/mol. The van der Waals surface area contributed by atoms with E-state index in [-0.39, 0.29) is 5.69 Å². The second-order valence-electron chi connectivity index (χ2n) is 6.43. The van der Waals surface area contributed by atoms with Gasteiger partial charge in [0.15, 0.2) is 0 Å². The van der Waals surface area contributed by atoms with Gasteiger partial charge in [0, 0.05) is 17.7 Å². The molecule has 0 amide bonds. The molecule has 3 aromatic carbocycles. The number of para-hydroxylation sites is 1. The number of nitrogens with one attached hydrogen (secondary N) is 1. The standard InChI is InChI=1S/C22H19I2N3O4/c1-30-21-5-3-2-4-17(21)13-26-25-12-16-10-19(23)22(20(24)11-16)31-14-15-6-8-18(9-7-15)27(28)29/h2-12,26H,13-14H2,1H3/b25-12+. The van der Waals surface area contributed by atoms with Gasteiger partial charge in [0.2, 0.25) is 0 Å². The Labute approximate surface area is 207 Å². The Kier molecular flexibility index (Phi) is 8.46. The van der Waals surface area contributed by atoms with E-state index in [4.69, 9.17) is 9.47 Å². The normalized spacial score (nSPS) is 10.8. The lowest BCUT2D eigenvalue weighted by atomic mass is 10.2. The molecule has 160 valence electrons. The van der Waals surface area contributed by atoms with E-state index >= 15 is 0 Å². The minimum atomic E-state index is -0.415. The van der Waals surface area contributed by atoms with Gasteiger partial charge in [-0.25, -0.2) is 0 Å². The summed E-state index contributed by atoms with van der Waals surface area (Å²) < 4.78 is 13.2. The number of rotatable bonds is 9. The zero-order valence-corrected chi connectivity index (χ0v) is 20.9. The zero-order valence-electron chi connectivity index (χ0n) is 16.5. The van der Waals surface area contributed by atoms with E-state index < -0.39 is 4.92 Å². The molecule has 7 nitrogen and oxygen atoms in total. The predicted octanol–water partition coefficient (Wildman–Crippen LogP) is 5.52. The number of ether oxygens (including phenoxy) is 2. The molecule has 0 heterocycles. The minimum absolute atomic E-state index is 0.0656. The number of methoxy groups -OCH3 is 1. The lowest BCUT2D eigenvalue weighted by molar-refractivity contribution is -0.384. The molecule has 0 saturated carbocycles. The largest absolute Gasteiger partial charge is 0.496 e. The molecule has 0 radical (unpaired) electrons. The summed E-state index contributed by atoms with van der Waals surface area (Å²) in [6, 6.07) is 18.1. The summed E-state index contributed by atoms with van der Waals surface area (Å²) in [6.07, 6.45) is 1.76. The number of nitro benzene ring substituents is 1. The summed E-state index contributed by atoms with van der Waals surface area (Å²) >= 11 is 4.46. The van der Waals surface area contributed by atoms with Crippen LogP contribution in [0.5, 0.6) is 11.5 Å². The van der Waals surface area contributed by atoms with Gasteiger partial charge in [-0.2, -0.15) is 5.10 Å². The van der Waals surface area contributed by atoms with Gasteiger partial charge in [-0.15, -0.1) is 0 Å². The first-order chi connectivity index (χ1) is 15.0. The molecule has 0 spiro atoms. The van der Waals surface area contributed by atoms with Crippen molar-refractivity contribution in [3.63, 3.8) is 0 Å². The van der Waals surface area contributed by atoms with Crippen LogP contribution in [-0.4, -0.2) is 18.2 Å². The molecule has 0 aliphatic carbocycles. The second-order valence-corrected chi connectivity index (χ2v) is 8.76. The molecule has 0 aromatic heterocycles. The number of benzene rings is 3. The molecule has 0 unspecified atom stereocenters. The average molecular weight is 643 g/mol. The smallest absolute Gasteiger partial charge is 0.269 e. The average Bonchev–Trinajstić information content (AvgIpc) is 2.76. The Hall–Kier alpha value is -2.41. The van der Waals surface area contributed by atoms with Gasteiger partial charge in [-0.3, -0.25) is 10.1 Å². The fraction of sp³-hybridized carbons (Fsp3) is 0.136. The highest BCUT2D eigenvalue weighted by molar-refractivity contribution is 14.1. The van der Waals surface area contributed by atoms with Crippen LogP contribution >= 0.6 is 45.2 Å². The first-order valence-corrected chi connectivity index (χ1v) is 11.4. The number of halogens is 2. The minimum Gasteiger partial charge on any atom is -0.496 e. The monoisotopic (exact) mass is 643 g/mol. The molecule has 0 saturated heterocycles. The molecule has 3 aromatic rings. The lowest BCUT2D eigenvalue weighted by Gasteiger charge is -2.11. The Bertz CT molecular complexity index is 1070. The molecule has 3 rings (SSSR count).